The number of likely N-dealkylation sites (tertiary alicyclic amines) is 1. The first-order valence-electron chi connectivity index (χ1n) is 12.6. The van der Waals surface area contributed by atoms with Crippen molar-refractivity contribution in [3.05, 3.63) is 58.1 Å². The fourth-order valence-corrected chi connectivity index (χ4v) is 8.12. The van der Waals surface area contributed by atoms with Crippen LogP contribution in [-0.4, -0.2) is 53.3 Å². The van der Waals surface area contributed by atoms with Crippen LogP contribution in [0, 0.1) is 5.92 Å². The number of halogens is 2. The maximum absolute atomic E-state index is 13.4. The fourth-order valence-electron chi connectivity index (χ4n) is 7.99. The van der Waals surface area contributed by atoms with E-state index in [0.29, 0.717) is 30.2 Å². The van der Waals surface area contributed by atoms with Crippen molar-refractivity contribution in [3.63, 3.8) is 0 Å². The molecule has 0 aromatic heterocycles. The van der Waals surface area contributed by atoms with Crippen molar-refractivity contribution >= 4 is 17.4 Å². The first kappa shape index (κ1) is 24.0. The first-order valence-corrected chi connectivity index (χ1v) is 13.0. The molecular formula is C28H31ClINO4. The van der Waals surface area contributed by atoms with Gasteiger partial charge < -0.3 is 43.0 Å². The standard InChI is InChI=1S/C28H30ClNO4.HI/c1-30(15-17-2-3-17)13-12-27-24-19-6-9-21(31)25(24)34-26(27)22(32)10-11-28(27,23(30)14-19)33-16-18-4-7-20(29)8-5-18;/h4-9,17,23,26H,2-3,10-16H2,1H3;1H/t23?,26?,27-,28+,30+;/m0./s1. The maximum Gasteiger partial charge on any atom is 0.174 e. The molecule has 0 radical (unpaired) electrons. The van der Waals surface area contributed by atoms with Crippen LogP contribution in [0.4, 0.5) is 0 Å². The molecule has 2 aliphatic heterocycles. The number of hydrogen-bond donors (Lipinski definition) is 1. The molecule has 2 heterocycles. The van der Waals surface area contributed by atoms with Crippen molar-refractivity contribution in [2.75, 3.05) is 20.1 Å². The minimum atomic E-state index is -0.578. The van der Waals surface area contributed by atoms with Gasteiger partial charge in [0.2, 0.25) is 0 Å². The number of Topliss-reactive ketones (excluding diaryl/α,β-unsaturated/α-hetero) is 1. The summed E-state index contributed by atoms with van der Waals surface area (Å²) >= 11 is 6.13. The largest absolute Gasteiger partial charge is 1.00 e. The number of nitrogens with zero attached hydrogens (tertiary/aromatic N) is 1. The van der Waals surface area contributed by atoms with Gasteiger partial charge in [-0.1, -0.05) is 29.8 Å². The fraction of sp³-hybridized carbons (Fsp3) is 0.536. The van der Waals surface area contributed by atoms with Crippen LogP contribution >= 0.6 is 11.6 Å². The summed E-state index contributed by atoms with van der Waals surface area (Å²) in [6.45, 7) is 2.66. The normalized spacial score (nSPS) is 36.2. The number of rotatable bonds is 5. The van der Waals surface area contributed by atoms with Crippen molar-refractivity contribution < 1.29 is 47.8 Å². The lowest BCUT2D eigenvalue weighted by Crippen LogP contribution is -3.00. The number of quaternary nitrogens is 1. The van der Waals surface area contributed by atoms with E-state index in [2.05, 4.69) is 13.1 Å². The van der Waals surface area contributed by atoms with Gasteiger partial charge in [0.1, 0.15) is 11.6 Å². The van der Waals surface area contributed by atoms with Gasteiger partial charge in [0, 0.05) is 35.8 Å². The van der Waals surface area contributed by atoms with Crippen molar-refractivity contribution in [2.24, 2.45) is 5.92 Å². The van der Waals surface area contributed by atoms with Crippen molar-refractivity contribution in [1.82, 2.24) is 0 Å². The lowest BCUT2D eigenvalue weighted by atomic mass is 9.48. The molecule has 5 atom stereocenters. The van der Waals surface area contributed by atoms with Crippen molar-refractivity contribution in [1.29, 1.82) is 0 Å². The Bertz CT molecular complexity index is 1200. The molecule has 2 saturated carbocycles. The van der Waals surface area contributed by atoms with E-state index in [4.69, 9.17) is 21.1 Å². The van der Waals surface area contributed by atoms with E-state index in [0.717, 1.165) is 40.9 Å². The number of phenolic OH excluding ortho intramolecular Hbond substituents is 1. The second-order valence-corrected chi connectivity index (χ2v) is 11.9. The molecule has 0 amide bonds. The molecule has 3 fully saturated rings. The summed E-state index contributed by atoms with van der Waals surface area (Å²) in [5.41, 5.74) is 2.30. The number of piperidine rings is 1. The number of likely N-dealkylation sites (N-methyl/N-ethyl adjacent to an activating group) is 1. The van der Waals surface area contributed by atoms with Crippen LogP contribution in [0.25, 0.3) is 0 Å². The number of carbonyl (C=O) groups excluding carboxylic acids is 1. The van der Waals surface area contributed by atoms with Gasteiger partial charge in [-0.2, -0.15) is 0 Å². The Hall–Kier alpha value is -1.35. The molecule has 5 nitrogen and oxygen atoms in total. The smallest absolute Gasteiger partial charge is 0.174 e. The van der Waals surface area contributed by atoms with Gasteiger partial charge >= 0.3 is 0 Å². The number of aromatic hydroxyl groups is 1. The molecule has 1 N–H and O–H groups in total. The zero-order valence-corrected chi connectivity index (χ0v) is 22.8. The third-order valence-electron chi connectivity index (χ3n) is 9.65. The molecule has 5 aliphatic rings. The van der Waals surface area contributed by atoms with Crippen molar-refractivity contribution in [2.45, 2.75) is 68.3 Å². The van der Waals surface area contributed by atoms with Crippen molar-refractivity contribution in [3.8, 4) is 11.5 Å². The summed E-state index contributed by atoms with van der Waals surface area (Å²) in [5.74, 6) is 1.60. The maximum atomic E-state index is 13.4. The Balaban J connectivity index is 0.00000229. The predicted octanol–water partition coefficient (Wildman–Crippen LogP) is 1.55. The van der Waals surface area contributed by atoms with Gasteiger partial charge in [-0.05, 0) is 48.6 Å². The van der Waals surface area contributed by atoms with E-state index in [9.17, 15) is 9.90 Å². The van der Waals surface area contributed by atoms with Gasteiger partial charge in [0.15, 0.2) is 23.4 Å². The minimum Gasteiger partial charge on any atom is -1.00 e. The van der Waals surface area contributed by atoms with Crippen LogP contribution < -0.4 is 28.7 Å². The number of ether oxygens (including phenoxy) is 2. The Morgan fingerprint density at radius 1 is 1.17 bits per heavy atom. The molecule has 2 aromatic carbocycles. The number of phenols is 1. The Kier molecular flexibility index (Phi) is 5.54. The van der Waals surface area contributed by atoms with E-state index >= 15 is 0 Å². The summed E-state index contributed by atoms with van der Waals surface area (Å²) in [6, 6.07) is 11.9. The predicted molar refractivity (Wildman–Crippen MR) is 128 cm³/mol. The average molecular weight is 608 g/mol. The third kappa shape index (κ3) is 3.22. The molecule has 2 aromatic rings. The quantitative estimate of drug-likeness (QED) is 0.414. The van der Waals surface area contributed by atoms with E-state index in [1.165, 1.54) is 24.9 Å². The van der Waals surface area contributed by atoms with Gasteiger partial charge in [0.25, 0.3) is 0 Å². The second-order valence-electron chi connectivity index (χ2n) is 11.5. The average Bonchev–Trinajstić information content (AvgIpc) is 3.55. The highest BCUT2D eigenvalue weighted by Gasteiger charge is 2.77. The van der Waals surface area contributed by atoms with Gasteiger partial charge in [0.05, 0.1) is 32.2 Å². The van der Waals surface area contributed by atoms with Crippen LogP contribution in [0.5, 0.6) is 11.5 Å². The molecule has 2 unspecified atom stereocenters. The van der Waals surface area contributed by atoms with Gasteiger partial charge in [-0.15, -0.1) is 0 Å². The molecule has 1 saturated heterocycles. The Morgan fingerprint density at radius 3 is 2.69 bits per heavy atom. The van der Waals surface area contributed by atoms with Crippen LogP contribution in [-0.2, 0) is 28.0 Å². The first-order chi connectivity index (χ1) is 16.4. The number of carbonyl (C=O) groups is 1. The number of hydrogen-bond acceptors (Lipinski definition) is 4. The second kappa shape index (κ2) is 8.07. The summed E-state index contributed by atoms with van der Waals surface area (Å²) < 4.78 is 14.5. The molecular weight excluding hydrogens is 577 g/mol. The minimum absolute atomic E-state index is 0. The summed E-state index contributed by atoms with van der Waals surface area (Å²) in [5, 5.41) is 11.5. The molecule has 2 bridgehead atoms. The molecule has 7 rings (SSSR count). The van der Waals surface area contributed by atoms with E-state index in [-0.39, 0.29) is 41.6 Å². The van der Waals surface area contributed by atoms with Crippen LogP contribution in [0.2, 0.25) is 5.02 Å². The molecule has 186 valence electrons. The molecule has 7 heteroatoms. The van der Waals surface area contributed by atoms with E-state index in [1.54, 1.807) is 6.07 Å². The van der Waals surface area contributed by atoms with Crippen LogP contribution in [0.15, 0.2) is 36.4 Å². The monoisotopic (exact) mass is 607 g/mol. The summed E-state index contributed by atoms with van der Waals surface area (Å²) in [6.07, 6.45) is 4.96. The van der Waals surface area contributed by atoms with Gasteiger partial charge in [-0.25, -0.2) is 0 Å². The summed E-state index contributed by atoms with van der Waals surface area (Å²) in [7, 11) is 2.41. The highest BCUT2D eigenvalue weighted by Crippen LogP contribution is 2.67. The Morgan fingerprint density at radius 2 is 1.94 bits per heavy atom. The van der Waals surface area contributed by atoms with E-state index in [1.807, 2.05) is 24.3 Å². The highest BCUT2D eigenvalue weighted by atomic mass is 127. The zero-order valence-electron chi connectivity index (χ0n) is 19.9. The van der Waals surface area contributed by atoms with Crippen LogP contribution in [0.3, 0.4) is 0 Å². The highest BCUT2D eigenvalue weighted by molar-refractivity contribution is 6.30. The number of benzene rings is 2. The van der Waals surface area contributed by atoms with Gasteiger partial charge in [-0.3, -0.25) is 4.79 Å². The topological polar surface area (TPSA) is 55.8 Å². The summed E-state index contributed by atoms with van der Waals surface area (Å²) in [4.78, 5) is 13.4. The molecule has 35 heavy (non-hydrogen) atoms. The van der Waals surface area contributed by atoms with E-state index < -0.39 is 17.1 Å². The van der Waals surface area contributed by atoms with Crippen LogP contribution in [0.1, 0.15) is 48.8 Å². The number of ketones is 1. The lowest BCUT2D eigenvalue weighted by Gasteiger charge is -2.66. The Labute approximate surface area is 228 Å². The third-order valence-corrected chi connectivity index (χ3v) is 9.90. The lowest BCUT2D eigenvalue weighted by molar-refractivity contribution is -0.950. The SMILES string of the molecule is C[N@+]1(CC2CC2)CC[C@]23c4c5ccc(O)c4OC2C(=O)CC[C@@]3(OCc2ccc(Cl)cc2)C1C5.[I-]. The molecule has 1 spiro atoms. The zero-order chi connectivity index (χ0) is 23.3. The molecule has 3 aliphatic carbocycles.